The molecule has 2 aliphatic rings. The minimum Gasteiger partial charge on any atom is -1.00 e. The number of benzene rings is 2. The van der Waals surface area contributed by atoms with Crippen LogP contribution in [0.5, 0.6) is 0 Å². The fraction of sp³-hybridized carbons (Fsp3) is 0.143. The molecular formula is C28H22Cl2O2Zr. The van der Waals surface area contributed by atoms with E-state index in [1.54, 1.807) is 12.5 Å². The van der Waals surface area contributed by atoms with Crippen molar-refractivity contribution in [2.75, 3.05) is 0 Å². The summed E-state index contributed by atoms with van der Waals surface area (Å²) >= 11 is -1.23. The molecule has 0 radical (unpaired) electrons. The second-order valence-corrected chi connectivity index (χ2v) is 14.2. The predicted molar refractivity (Wildman–Crippen MR) is 121 cm³/mol. The van der Waals surface area contributed by atoms with Crippen LogP contribution in [-0.4, -0.2) is 0 Å². The number of furan rings is 2. The molecule has 0 bridgehead atoms. The minimum atomic E-state index is -1.23. The zero-order valence-corrected chi connectivity index (χ0v) is 22.3. The van der Waals surface area contributed by atoms with Crippen molar-refractivity contribution in [1.82, 2.24) is 0 Å². The molecule has 2 aliphatic carbocycles. The van der Waals surface area contributed by atoms with Crippen molar-refractivity contribution < 1.29 is 56.9 Å². The first-order valence-corrected chi connectivity index (χ1v) is 13.1. The zero-order valence-electron chi connectivity index (χ0n) is 18.3. The van der Waals surface area contributed by atoms with Crippen molar-refractivity contribution >= 4 is 23.3 Å². The third-order valence-corrected chi connectivity index (χ3v) is 11.9. The van der Waals surface area contributed by atoms with E-state index in [9.17, 15) is 0 Å². The van der Waals surface area contributed by atoms with Gasteiger partial charge in [0.15, 0.2) is 0 Å². The predicted octanol–water partition coefficient (Wildman–Crippen LogP) is 1.20. The maximum absolute atomic E-state index is 5.94. The van der Waals surface area contributed by atoms with Gasteiger partial charge >= 0.3 is 195 Å². The van der Waals surface area contributed by atoms with Gasteiger partial charge in [0.2, 0.25) is 0 Å². The largest absolute Gasteiger partial charge is 1.00 e. The van der Waals surface area contributed by atoms with Crippen LogP contribution in [-0.2, 0) is 29.5 Å². The summed E-state index contributed by atoms with van der Waals surface area (Å²) in [6.07, 6.45) is 8.25. The molecule has 4 aromatic rings. The molecule has 2 aromatic heterocycles. The average Bonchev–Trinajstić information content (AvgIpc) is 3.56. The van der Waals surface area contributed by atoms with Gasteiger partial charge in [-0.2, -0.15) is 0 Å². The topological polar surface area (TPSA) is 26.3 Å². The molecule has 0 N–H and O–H groups in total. The van der Waals surface area contributed by atoms with Gasteiger partial charge in [0.05, 0.1) is 0 Å². The quantitative estimate of drug-likeness (QED) is 0.381. The summed E-state index contributed by atoms with van der Waals surface area (Å²) in [4.78, 5) is 0. The molecule has 33 heavy (non-hydrogen) atoms. The van der Waals surface area contributed by atoms with Crippen molar-refractivity contribution in [2.45, 2.75) is 20.1 Å². The molecule has 5 heteroatoms. The Bertz CT molecular complexity index is 1230. The van der Waals surface area contributed by atoms with E-state index in [2.05, 4.69) is 86.7 Å². The van der Waals surface area contributed by atoms with E-state index < -0.39 is 23.2 Å². The monoisotopic (exact) mass is 550 g/mol. The first-order valence-electron chi connectivity index (χ1n) is 10.6. The fourth-order valence-electron chi connectivity index (χ4n) is 5.31. The number of rotatable bonds is 4. The second-order valence-electron chi connectivity index (χ2n) is 8.62. The Labute approximate surface area is 218 Å². The van der Waals surface area contributed by atoms with Crippen molar-refractivity contribution in [2.24, 2.45) is 0 Å². The van der Waals surface area contributed by atoms with E-state index >= 15 is 0 Å². The van der Waals surface area contributed by atoms with Crippen LogP contribution in [0, 0.1) is 0 Å². The summed E-state index contributed by atoms with van der Waals surface area (Å²) in [5, 5.41) is 0. The molecule has 0 saturated carbocycles. The van der Waals surface area contributed by atoms with Crippen LogP contribution in [0.3, 0.4) is 0 Å². The Kier molecular flexibility index (Phi) is 6.53. The second kappa shape index (κ2) is 8.95. The first-order chi connectivity index (χ1) is 15.1. The molecule has 2 aromatic carbocycles. The van der Waals surface area contributed by atoms with Crippen LogP contribution in [0.1, 0.15) is 47.6 Å². The summed E-state index contributed by atoms with van der Waals surface area (Å²) in [6, 6.07) is 25.9. The molecule has 2 nitrogen and oxygen atoms in total. The Morgan fingerprint density at radius 1 is 0.576 bits per heavy atom. The normalized spacial score (nSPS) is 22.2. The Morgan fingerprint density at radius 2 is 1.00 bits per heavy atom. The van der Waals surface area contributed by atoms with Crippen LogP contribution in [0.2, 0.25) is 0 Å². The number of allylic oxidation sites excluding steroid dienone is 2. The summed E-state index contributed by atoms with van der Waals surface area (Å²) in [5.41, 5.74) is 8.12. The summed E-state index contributed by atoms with van der Waals surface area (Å²) in [7, 11) is 0. The van der Waals surface area contributed by atoms with Gasteiger partial charge in [-0.3, -0.25) is 0 Å². The number of halogens is 2. The smallest absolute Gasteiger partial charge is 1.00 e. The molecule has 0 spiro atoms. The zero-order chi connectivity index (χ0) is 21.1. The number of hydrogen-bond donors (Lipinski definition) is 0. The van der Waals surface area contributed by atoms with Gasteiger partial charge < -0.3 is 24.8 Å². The molecule has 164 valence electrons. The van der Waals surface area contributed by atoms with Gasteiger partial charge in [-0.1, -0.05) is 0 Å². The Morgan fingerprint density at radius 3 is 1.39 bits per heavy atom. The van der Waals surface area contributed by atoms with Crippen LogP contribution in [0.25, 0.3) is 23.3 Å². The molecular weight excluding hydrogens is 530 g/mol. The third-order valence-electron chi connectivity index (χ3n) is 6.75. The van der Waals surface area contributed by atoms with Crippen LogP contribution < -0.4 is 24.8 Å². The van der Waals surface area contributed by atoms with Crippen molar-refractivity contribution in [3.63, 3.8) is 0 Å². The summed E-state index contributed by atoms with van der Waals surface area (Å²) in [6.45, 7) is 4.87. The van der Waals surface area contributed by atoms with E-state index in [4.69, 9.17) is 8.83 Å². The molecule has 6 rings (SSSR count). The molecule has 0 saturated heterocycles. The van der Waals surface area contributed by atoms with Crippen molar-refractivity contribution in [1.29, 1.82) is 0 Å². The van der Waals surface area contributed by atoms with E-state index in [1.807, 2.05) is 12.1 Å². The Balaban J connectivity index is 0.00000130. The van der Waals surface area contributed by atoms with Crippen molar-refractivity contribution in [3.05, 3.63) is 119 Å². The molecule has 0 aliphatic heterocycles. The summed E-state index contributed by atoms with van der Waals surface area (Å²) < 4.78 is 11.8. The van der Waals surface area contributed by atoms with E-state index in [1.165, 1.54) is 33.4 Å². The molecule has 0 fully saturated rings. The minimum absolute atomic E-state index is 0. The van der Waals surface area contributed by atoms with Crippen LogP contribution in [0.4, 0.5) is 0 Å². The standard InChI is InChI=1S/2C14H11O.2ClH.Zr/c2*1-10-12-6-3-2-5-11(12)9-13(10)14-7-4-8-15-14;;;/h2*2-9H,1H3;2*1H;/q;;;;+2/p-2. The van der Waals surface area contributed by atoms with Gasteiger partial charge in [-0.05, 0) is 0 Å². The fourth-order valence-corrected chi connectivity index (χ4v) is 11.2. The third kappa shape index (κ3) is 3.66. The first kappa shape index (κ1) is 24.1. The maximum Gasteiger partial charge on any atom is -1.00 e. The maximum atomic E-state index is 5.94. The SMILES string of the molecule is C[C]1([Zr+2][C]2(C)C(c3ccco3)=Cc3ccccc32)C(c2ccco2)=Cc2ccccc21.[Cl-].[Cl-]. The Hall–Kier alpha value is -2.06. The average molecular weight is 553 g/mol. The van der Waals surface area contributed by atoms with Gasteiger partial charge in [0, 0.05) is 0 Å². The van der Waals surface area contributed by atoms with E-state index in [0.717, 1.165) is 11.5 Å². The number of fused-ring (bicyclic) bond motifs is 2. The van der Waals surface area contributed by atoms with Crippen molar-refractivity contribution in [3.8, 4) is 0 Å². The van der Waals surface area contributed by atoms with Gasteiger partial charge in [-0.15, -0.1) is 0 Å². The van der Waals surface area contributed by atoms with Crippen LogP contribution >= 0.6 is 0 Å². The molecule has 2 heterocycles. The molecule has 0 amide bonds. The summed E-state index contributed by atoms with van der Waals surface area (Å²) in [5.74, 6) is 1.97. The van der Waals surface area contributed by atoms with Gasteiger partial charge in [0.1, 0.15) is 0 Å². The number of hydrogen-bond acceptors (Lipinski definition) is 2. The van der Waals surface area contributed by atoms with Crippen LogP contribution in [0.15, 0.2) is 94.2 Å². The molecule has 2 atom stereocenters. The van der Waals surface area contributed by atoms with Gasteiger partial charge in [0.25, 0.3) is 0 Å². The molecule has 2 unspecified atom stereocenters. The van der Waals surface area contributed by atoms with E-state index in [0.29, 0.717) is 0 Å². The van der Waals surface area contributed by atoms with Gasteiger partial charge in [-0.25, -0.2) is 0 Å². The van der Waals surface area contributed by atoms with E-state index in [-0.39, 0.29) is 31.1 Å².